The summed E-state index contributed by atoms with van der Waals surface area (Å²) >= 11 is 5.77. The van der Waals surface area contributed by atoms with Crippen molar-refractivity contribution >= 4 is 11.6 Å². The van der Waals surface area contributed by atoms with Crippen LogP contribution in [0.3, 0.4) is 0 Å². The van der Waals surface area contributed by atoms with Crippen molar-refractivity contribution in [3.05, 3.63) is 28.8 Å². The van der Waals surface area contributed by atoms with Gasteiger partial charge < -0.3 is 10.5 Å². The molecule has 1 aromatic rings. The normalized spacial score (nSPS) is 14.9. The molecular formula is C11H14ClF2NO. The average Bonchev–Trinajstić information content (AvgIpc) is 2.20. The summed E-state index contributed by atoms with van der Waals surface area (Å²) < 4.78 is 30.3. The fourth-order valence-corrected chi connectivity index (χ4v) is 1.51. The van der Waals surface area contributed by atoms with E-state index in [9.17, 15) is 8.78 Å². The number of benzene rings is 1. The molecule has 0 fully saturated rings. The van der Waals surface area contributed by atoms with E-state index in [0.29, 0.717) is 16.3 Å². The van der Waals surface area contributed by atoms with Gasteiger partial charge in [0.2, 0.25) is 0 Å². The summed E-state index contributed by atoms with van der Waals surface area (Å²) in [6.45, 7) is 1.31. The van der Waals surface area contributed by atoms with Crippen LogP contribution in [0.25, 0.3) is 0 Å². The zero-order valence-electron chi connectivity index (χ0n) is 9.14. The van der Waals surface area contributed by atoms with Gasteiger partial charge in [-0.2, -0.15) is 0 Å². The molecule has 16 heavy (non-hydrogen) atoms. The Kier molecular flexibility index (Phi) is 4.10. The van der Waals surface area contributed by atoms with Crippen LogP contribution in [0.4, 0.5) is 8.78 Å². The molecule has 90 valence electrons. The Balaban J connectivity index is 2.97. The first-order valence-corrected chi connectivity index (χ1v) is 5.14. The van der Waals surface area contributed by atoms with Crippen LogP contribution >= 0.6 is 11.6 Å². The van der Waals surface area contributed by atoms with Crippen molar-refractivity contribution in [2.75, 3.05) is 7.11 Å². The van der Waals surface area contributed by atoms with Crippen molar-refractivity contribution < 1.29 is 13.5 Å². The highest BCUT2D eigenvalue weighted by Crippen LogP contribution is 2.27. The van der Waals surface area contributed by atoms with Gasteiger partial charge in [-0.15, -0.1) is 0 Å². The summed E-state index contributed by atoms with van der Waals surface area (Å²) in [4.78, 5) is 0. The first-order valence-electron chi connectivity index (χ1n) is 4.76. The van der Waals surface area contributed by atoms with Crippen molar-refractivity contribution in [2.45, 2.75) is 25.3 Å². The number of hydrogen-bond donors (Lipinski definition) is 1. The van der Waals surface area contributed by atoms with E-state index in [1.54, 1.807) is 18.2 Å². The predicted molar refractivity (Wildman–Crippen MR) is 60.3 cm³/mol. The zero-order chi connectivity index (χ0) is 12.3. The second-order valence-corrected chi connectivity index (χ2v) is 4.38. The SMILES string of the molecule is COc1cc(Cl)ccc1CC(C)(N)C(F)F. The first-order chi connectivity index (χ1) is 7.36. The molecule has 1 unspecified atom stereocenters. The Morgan fingerprint density at radius 3 is 2.62 bits per heavy atom. The van der Waals surface area contributed by atoms with E-state index in [-0.39, 0.29) is 6.42 Å². The third kappa shape index (κ3) is 3.06. The molecule has 1 atom stereocenters. The van der Waals surface area contributed by atoms with Gasteiger partial charge in [-0.25, -0.2) is 8.78 Å². The number of alkyl halides is 2. The molecule has 0 amide bonds. The van der Waals surface area contributed by atoms with Crippen molar-refractivity contribution in [1.29, 1.82) is 0 Å². The van der Waals surface area contributed by atoms with Crippen LogP contribution in [0.1, 0.15) is 12.5 Å². The van der Waals surface area contributed by atoms with Gasteiger partial charge in [0.05, 0.1) is 12.6 Å². The van der Waals surface area contributed by atoms with E-state index in [0.717, 1.165) is 0 Å². The minimum Gasteiger partial charge on any atom is -0.496 e. The van der Waals surface area contributed by atoms with Gasteiger partial charge in [0.1, 0.15) is 5.75 Å². The van der Waals surface area contributed by atoms with Gasteiger partial charge in [-0.05, 0) is 31.0 Å². The lowest BCUT2D eigenvalue weighted by Crippen LogP contribution is -2.45. The number of nitrogens with two attached hydrogens (primary N) is 1. The fourth-order valence-electron chi connectivity index (χ4n) is 1.35. The highest BCUT2D eigenvalue weighted by molar-refractivity contribution is 6.30. The quantitative estimate of drug-likeness (QED) is 0.891. The highest BCUT2D eigenvalue weighted by atomic mass is 35.5. The summed E-state index contributed by atoms with van der Waals surface area (Å²) in [6.07, 6.45) is -2.56. The van der Waals surface area contributed by atoms with E-state index in [1.165, 1.54) is 14.0 Å². The molecule has 0 saturated heterocycles. The molecule has 2 nitrogen and oxygen atoms in total. The lowest BCUT2D eigenvalue weighted by molar-refractivity contribution is 0.0636. The Bertz CT molecular complexity index is 369. The molecule has 0 aliphatic rings. The standard InChI is InChI=1S/C11H14ClF2NO/c1-11(15,10(13)14)6-7-3-4-8(12)5-9(7)16-2/h3-5,10H,6,15H2,1-2H3. The molecule has 0 heterocycles. The Morgan fingerprint density at radius 1 is 1.50 bits per heavy atom. The van der Waals surface area contributed by atoms with Crippen LogP contribution in [-0.2, 0) is 6.42 Å². The Morgan fingerprint density at radius 2 is 2.12 bits per heavy atom. The van der Waals surface area contributed by atoms with Crippen LogP contribution in [-0.4, -0.2) is 19.1 Å². The van der Waals surface area contributed by atoms with Gasteiger partial charge in [0.25, 0.3) is 6.43 Å². The summed E-state index contributed by atoms with van der Waals surface area (Å²) in [5, 5.41) is 0.497. The first kappa shape index (κ1) is 13.2. The van der Waals surface area contributed by atoms with Crippen LogP contribution < -0.4 is 10.5 Å². The third-order valence-corrected chi connectivity index (χ3v) is 2.55. The second kappa shape index (κ2) is 4.97. The minimum absolute atomic E-state index is 0.0327. The van der Waals surface area contributed by atoms with Crippen molar-refractivity contribution in [3.8, 4) is 5.75 Å². The largest absolute Gasteiger partial charge is 0.496 e. The fraction of sp³-hybridized carbons (Fsp3) is 0.455. The summed E-state index contributed by atoms with van der Waals surface area (Å²) in [5.41, 5.74) is 4.57. The van der Waals surface area contributed by atoms with Crippen molar-refractivity contribution in [1.82, 2.24) is 0 Å². The highest BCUT2D eigenvalue weighted by Gasteiger charge is 2.31. The van der Waals surface area contributed by atoms with E-state index >= 15 is 0 Å². The summed E-state index contributed by atoms with van der Waals surface area (Å²) in [6, 6.07) is 4.86. The number of methoxy groups -OCH3 is 1. The van der Waals surface area contributed by atoms with Crippen LogP contribution in [0.5, 0.6) is 5.75 Å². The molecule has 0 aliphatic carbocycles. The van der Waals surface area contributed by atoms with E-state index in [1.807, 2.05) is 0 Å². The molecule has 1 rings (SSSR count). The van der Waals surface area contributed by atoms with E-state index < -0.39 is 12.0 Å². The molecule has 0 bridgehead atoms. The topological polar surface area (TPSA) is 35.2 Å². The predicted octanol–water partition coefficient (Wildman–Crippen LogP) is 2.87. The third-order valence-electron chi connectivity index (χ3n) is 2.32. The van der Waals surface area contributed by atoms with Crippen LogP contribution in [0.2, 0.25) is 5.02 Å². The minimum atomic E-state index is -2.59. The second-order valence-electron chi connectivity index (χ2n) is 3.94. The maximum atomic E-state index is 12.6. The average molecular weight is 250 g/mol. The summed E-state index contributed by atoms with van der Waals surface area (Å²) in [5.74, 6) is 0.477. The number of hydrogen-bond acceptors (Lipinski definition) is 2. The van der Waals surface area contributed by atoms with Gasteiger partial charge in [0, 0.05) is 5.02 Å². The monoisotopic (exact) mass is 249 g/mol. The molecule has 0 aliphatic heterocycles. The number of ether oxygens (including phenoxy) is 1. The lowest BCUT2D eigenvalue weighted by atomic mass is 9.94. The Hall–Kier alpha value is -0.870. The van der Waals surface area contributed by atoms with E-state index in [2.05, 4.69) is 0 Å². The van der Waals surface area contributed by atoms with Gasteiger partial charge in [0.15, 0.2) is 0 Å². The van der Waals surface area contributed by atoms with Gasteiger partial charge >= 0.3 is 0 Å². The summed E-state index contributed by atoms with van der Waals surface area (Å²) in [7, 11) is 1.46. The van der Waals surface area contributed by atoms with Gasteiger partial charge in [-0.3, -0.25) is 0 Å². The van der Waals surface area contributed by atoms with Crippen LogP contribution in [0, 0.1) is 0 Å². The molecule has 0 spiro atoms. The molecular weight excluding hydrogens is 236 g/mol. The molecule has 0 aromatic heterocycles. The zero-order valence-corrected chi connectivity index (χ0v) is 9.89. The molecule has 1 aromatic carbocycles. The van der Waals surface area contributed by atoms with Gasteiger partial charge in [-0.1, -0.05) is 17.7 Å². The van der Waals surface area contributed by atoms with Crippen molar-refractivity contribution in [2.24, 2.45) is 5.73 Å². The number of rotatable bonds is 4. The van der Waals surface area contributed by atoms with E-state index in [4.69, 9.17) is 22.1 Å². The smallest absolute Gasteiger partial charge is 0.256 e. The molecule has 0 radical (unpaired) electrons. The van der Waals surface area contributed by atoms with Crippen LogP contribution in [0.15, 0.2) is 18.2 Å². The van der Waals surface area contributed by atoms with Crippen molar-refractivity contribution in [3.63, 3.8) is 0 Å². The number of halogens is 3. The Labute approximate surface area is 98.3 Å². The lowest BCUT2D eigenvalue weighted by Gasteiger charge is -2.24. The maximum Gasteiger partial charge on any atom is 0.256 e. The molecule has 0 saturated carbocycles. The molecule has 5 heteroatoms. The molecule has 2 N–H and O–H groups in total. The maximum absolute atomic E-state index is 12.6.